The van der Waals surface area contributed by atoms with Gasteiger partial charge < -0.3 is 15.2 Å². The van der Waals surface area contributed by atoms with E-state index in [2.05, 4.69) is 15.6 Å². The van der Waals surface area contributed by atoms with E-state index in [1.165, 1.54) is 0 Å². The maximum atomic E-state index is 12.6. The molecule has 0 radical (unpaired) electrons. The summed E-state index contributed by atoms with van der Waals surface area (Å²) in [6, 6.07) is 15.1. The zero-order valence-electron chi connectivity index (χ0n) is 13.0. The molecule has 2 aromatic carbocycles. The molecule has 1 aromatic heterocycles. The number of carbonyl (C=O) groups is 2. The van der Waals surface area contributed by atoms with Crippen LogP contribution in [0, 0.1) is 0 Å². The van der Waals surface area contributed by atoms with Gasteiger partial charge in [0, 0.05) is 19.6 Å². The van der Waals surface area contributed by atoms with Crippen molar-refractivity contribution in [3.05, 3.63) is 65.5 Å². The number of hydrogen-bond donors (Lipinski definition) is 2. The van der Waals surface area contributed by atoms with E-state index in [-0.39, 0.29) is 11.8 Å². The van der Waals surface area contributed by atoms with E-state index < -0.39 is 0 Å². The van der Waals surface area contributed by atoms with Gasteiger partial charge in [0.1, 0.15) is 0 Å². The van der Waals surface area contributed by atoms with E-state index in [4.69, 9.17) is 0 Å². The molecule has 0 aliphatic carbocycles. The summed E-state index contributed by atoms with van der Waals surface area (Å²) in [6.45, 7) is 1.43. The van der Waals surface area contributed by atoms with Crippen LogP contribution in [0.3, 0.4) is 0 Å². The minimum Gasteiger partial charge on any atom is -0.350 e. The molecular formula is C18H16N4O2. The first kappa shape index (κ1) is 14.4. The number of benzene rings is 2. The first-order valence-electron chi connectivity index (χ1n) is 7.83. The lowest BCUT2D eigenvalue weighted by atomic mass is 10.2. The Morgan fingerprint density at radius 1 is 1.17 bits per heavy atom. The topological polar surface area (TPSA) is 76.0 Å². The molecule has 1 aliphatic heterocycles. The average Bonchev–Trinajstić information content (AvgIpc) is 2.90. The number of hydrogen-bond acceptors (Lipinski definition) is 3. The molecule has 1 aliphatic rings. The molecule has 0 saturated heterocycles. The second-order valence-corrected chi connectivity index (χ2v) is 5.68. The summed E-state index contributed by atoms with van der Waals surface area (Å²) < 4.78 is 1.82. The van der Waals surface area contributed by atoms with E-state index in [0.29, 0.717) is 36.5 Å². The third-order valence-electron chi connectivity index (χ3n) is 4.13. The van der Waals surface area contributed by atoms with Crippen LogP contribution in [0.25, 0.3) is 11.0 Å². The van der Waals surface area contributed by atoms with Gasteiger partial charge in [0.05, 0.1) is 16.6 Å². The normalized spacial score (nSPS) is 13.4. The standard InChI is InChI=1S/C18H16N4O2/c23-17-13-7-4-8-14-15(13)22(10-9-19-17)16(21-14)18(24)20-11-12-5-2-1-3-6-12/h1-8H,9-11H2,(H,19,23)(H,20,24). The summed E-state index contributed by atoms with van der Waals surface area (Å²) in [5.74, 6) is -0.0317. The minimum atomic E-state index is -0.240. The Balaban J connectivity index is 1.69. The molecule has 0 saturated carbocycles. The van der Waals surface area contributed by atoms with Crippen molar-refractivity contribution < 1.29 is 9.59 Å². The van der Waals surface area contributed by atoms with Crippen molar-refractivity contribution >= 4 is 22.8 Å². The van der Waals surface area contributed by atoms with Crippen LogP contribution >= 0.6 is 0 Å². The Kier molecular flexibility index (Phi) is 3.49. The lowest BCUT2D eigenvalue weighted by Gasteiger charge is -2.08. The van der Waals surface area contributed by atoms with Gasteiger partial charge >= 0.3 is 0 Å². The highest BCUT2D eigenvalue weighted by atomic mass is 16.2. The lowest BCUT2D eigenvalue weighted by molar-refractivity contribution is 0.0936. The highest BCUT2D eigenvalue weighted by Gasteiger charge is 2.23. The highest BCUT2D eigenvalue weighted by molar-refractivity contribution is 6.07. The van der Waals surface area contributed by atoms with Crippen molar-refractivity contribution in [1.82, 2.24) is 20.2 Å². The van der Waals surface area contributed by atoms with E-state index in [0.717, 1.165) is 11.1 Å². The summed E-state index contributed by atoms with van der Waals surface area (Å²) in [7, 11) is 0. The predicted molar refractivity (Wildman–Crippen MR) is 89.7 cm³/mol. The fourth-order valence-corrected chi connectivity index (χ4v) is 2.99. The smallest absolute Gasteiger partial charge is 0.287 e. The van der Waals surface area contributed by atoms with E-state index >= 15 is 0 Å². The molecular weight excluding hydrogens is 304 g/mol. The zero-order valence-corrected chi connectivity index (χ0v) is 13.0. The largest absolute Gasteiger partial charge is 0.350 e. The maximum absolute atomic E-state index is 12.6. The van der Waals surface area contributed by atoms with Crippen LogP contribution in [-0.2, 0) is 13.1 Å². The van der Waals surface area contributed by atoms with Crippen LogP contribution in [-0.4, -0.2) is 27.9 Å². The average molecular weight is 320 g/mol. The van der Waals surface area contributed by atoms with Gasteiger partial charge in [0.15, 0.2) is 5.82 Å². The Hall–Kier alpha value is -3.15. The van der Waals surface area contributed by atoms with Crippen LogP contribution < -0.4 is 10.6 Å². The lowest BCUT2D eigenvalue weighted by Crippen LogP contribution is -2.28. The van der Waals surface area contributed by atoms with Gasteiger partial charge in [0.2, 0.25) is 0 Å². The molecule has 120 valence electrons. The van der Waals surface area contributed by atoms with E-state index in [1.54, 1.807) is 12.1 Å². The fourth-order valence-electron chi connectivity index (χ4n) is 2.99. The number of imidazole rings is 1. The third-order valence-corrected chi connectivity index (χ3v) is 4.13. The fraction of sp³-hybridized carbons (Fsp3) is 0.167. The molecule has 24 heavy (non-hydrogen) atoms. The van der Waals surface area contributed by atoms with Gasteiger partial charge in [-0.15, -0.1) is 0 Å². The molecule has 2 heterocycles. The van der Waals surface area contributed by atoms with Gasteiger partial charge in [-0.1, -0.05) is 36.4 Å². The Morgan fingerprint density at radius 3 is 2.83 bits per heavy atom. The molecule has 6 nitrogen and oxygen atoms in total. The van der Waals surface area contributed by atoms with Gasteiger partial charge in [-0.05, 0) is 17.7 Å². The summed E-state index contributed by atoms with van der Waals surface area (Å²) in [5, 5.41) is 5.74. The van der Waals surface area contributed by atoms with Crippen molar-refractivity contribution in [2.24, 2.45) is 0 Å². The van der Waals surface area contributed by atoms with Crippen LogP contribution in [0.5, 0.6) is 0 Å². The molecule has 2 amide bonds. The van der Waals surface area contributed by atoms with E-state index in [1.807, 2.05) is 41.0 Å². The highest BCUT2D eigenvalue weighted by Crippen LogP contribution is 2.22. The predicted octanol–water partition coefficient (Wildman–Crippen LogP) is 1.71. The monoisotopic (exact) mass is 320 g/mol. The second-order valence-electron chi connectivity index (χ2n) is 5.68. The molecule has 0 spiro atoms. The Morgan fingerprint density at radius 2 is 2.00 bits per heavy atom. The molecule has 0 bridgehead atoms. The molecule has 2 N–H and O–H groups in total. The van der Waals surface area contributed by atoms with Crippen molar-refractivity contribution in [2.75, 3.05) is 6.54 Å². The van der Waals surface area contributed by atoms with Gasteiger partial charge in [-0.2, -0.15) is 0 Å². The van der Waals surface area contributed by atoms with Gasteiger partial charge in [0.25, 0.3) is 11.8 Å². The maximum Gasteiger partial charge on any atom is 0.287 e. The van der Waals surface area contributed by atoms with Crippen molar-refractivity contribution in [3.63, 3.8) is 0 Å². The summed E-state index contributed by atoms with van der Waals surface area (Å²) >= 11 is 0. The number of aromatic nitrogens is 2. The summed E-state index contributed by atoms with van der Waals surface area (Å²) in [4.78, 5) is 29.2. The molecule has 3 aromatic rings. The molecule has 0 unspecified atom stereocenters. The Bertz CT molecular complexity index is 931. The quantitative estimate of drug-likeness (QED) is 0.771. The molecule has 0 fully saturated rings. The van der Waals surface area contributed by atoms with Crippen molar-refractivity contribution in [3.8, 4) is 0 Å². The van der Waals surface area contributed by atoms with Crippen LogP contribution in [0.15, 0.2) is 48.5 Å². The first-order chi connectivity index (χ1) is 11.7. The van der Waals surface area contributed by atoms with Crippen LogP contribution in [0.2, 0.25) is 0 Å². The van der Waals surface area contributed by atoms with Crippen molar-refractivity contribution in [2.45, 2.75) is 13.1 Å². The number of nitrogens with one attached hydrogen (secondary N) is 2. The second kappa shape index (κ2) is 5.81. The number of para-hydroxylation sites is 1. The molecule has 0 atom stereocenters. The van der Waals surface area contributed by atoms with E-state index in [9.17, 15) is 9.59 Å². The number of carbonyl (C=O) groups excluding carboxylic acids is 2. The first-order valence-corrected chi connectivity index (χ1v) is 7.83. The summed E-state index contributed by atoms with van der Waals surface area (Å²) in [5.41, 5.74) is 2.96. The molecule has 6 heteroatoms. The van der Waals surface area contributed by atoms with Gasteiger partial charge in [-0.25, -0.2) is 4.98 Å². The molecule has 4 rings (SSSR count). The van der Waals surface area contributed by atoms with Crippen molar-refractivity contribution in [1.29, 1.82) is 0 Å². The zero-order chi connectivity index (χ0) is 16.5. The minimum absolute atomic E-state index is 0.129. The SMILES string of the molecule is O=C1NCCn2c(C(=O)NCc3ccccc3)nc3cccc1c32. The van der Waals surface area contributed by atoms with Crippen LogP contribution in [0.4, 0.5) is 0 Å². The van der Waals surface area contributed by atoms with Gasteiger partial charge in [-0.3, -0.25) is 9.59 Å². The summed E-state index contributed by atoms with van der Waals surface area (Å²) in [6.07, 6.45) is 0. The number of amides is 2. The number of rotatable bonds is 3. The Labute approximate surface area is 138 Å². The van der Waals surface area contributed by atoms with Crippen LogP contribution in [0.1, 0.15) is 26.5 Å². The number of nitrogens with zero attached hydrogens (tertiary/aromatic N) is 2. The third kappa shape index (κ3) is 2.42.